The van der Waals surface area contributed by atoms with Crippen LogP contribution in [0.1, 0.15) is 30.2 Å². The number of nitrogens with zero attached hydrogens (tertiary/aromatic N) is 1. The fourth-order valence-electron chi connectivity index (χ4n) is 2.83. The van der Waals surface area contributed by atoms with Gasteiger partial charge in [-0.25, -0.2) is 4.79 Å². The highest BCUT2D eigenvalue weighted by Gasteiger charge is 2.16. The van der Waals surface area contributed by atoms with Crippen molar-refractivity contribution < 1.29 is 14.6 Å². The molecule has 3 aromatic rings. The van der Waals surface area contributed by atoms with Gasteiger partial charge in [-0.3, -0.25) is 0 Å². The molecule has 0 saturated heterocycles. The molecule has 118 valence electrons. The third-order valence-electron chi connectivity index (χ3n) is 4.02. The van der Waals surface area contributed by atoms with E-state index in [1.165, 1.54) is 0 Å². The van der Waals surface area contributed by atoms with Crippen molar-refractivity contribution in [2.24, 2.45) is 0 Å². The second-order valence-electron chi connectivity index (χ2n) is 5.81. The molecule has 0 radical (unpaired) electrons. The van der Waals surface area contributed by atoms with Crippen molar-refractivity contribution in [1.29, 1.82) is 0 Å². The Bertz CT molecular complexity index is 877. The number of fused-ring (bicyclic) bond motifs is 1. The number of carboxylic acid groups (broad SMARTS) is 1. The number of hydrogen-bond acceptors (Lipinski definition) is 2. The third kappa shape index (κ3) is 2.68. The number of rotatable bonds is 4. The van der Waals surface area contributed by atoms with Crippen LogP contribution in [0.15, 0.2) is 48.7 Å². The number of carbonyl (C=O) groups is 1. The second-order valence-corrected chi connectivity index (χ2v) is 5.81. The zero-order valence-corrected chi connectivity index (χ0v) is 13.4. The number of aromatic carboxylic acids is 1. The van der Waals surface area contributed by atoms with Gasteiger partial charge in [0.2, 0.25) is 0 Å². The lowest BCUT2D eigenvalue weighted by Crippen LogP contribution is -1.99. The van der Waals surface area contributed by atoms with Crippen LogP contribution >= 0.6 is 0 Å². The van der Waals surface area contributed by atoms with Gasteiger partial charge in [0, 0.05) is 23.1 Å². The van der Waals surface area contributed by atoms with Crippen LogP contribution in [-0.2, 0) is 0 Å². The van der Waals surface area contributed by atoms with E-state index in [9.17, 15) is 9.90 Å². The van der Waals surface area contributed by atoms with E-state index < -0.39 is 5.97 Å². The van der Waals surface area contributed by atoms with Crippen LogP contribution < -0.4 is 4.74 Å². The minimum Gasteiger partial charge on any atom is -0.497 e. The highest BCUT2D eigenvalue weighted by atomic mass is 16.5. The summed E-state index contributed by atoms with van der Waals surface area (Å²) < 4.78 is 7.28. The Labute approximate surface area is 134 Å². The van der Waals surface area contributed by atoms with Crippen LogP contribution in [-0.4, -0.2) is 22.8 Å². The summed E-state index contributed by atoms with van der Waals surface area (Å²) in [4.78, 5) is 11.5. The molecule has 0 bridgehead atoms. The maximum Gasteiger partial charge on any atom is 0.337 e. The Hall–Kier alpha value is -2.75. The summed E-state index contributed by atoms with van der Waals surface area (Å²) in [6.45, 7) is 4.09. The molecule has 0 spiro atoms. The van der Waals surface area contributed by atoms with Crippen LogP contribution in [0.4, 0.5) is 0 Å². The molecule has 4 nitrogen and oxygen atoms in total. The lowest BCUT2D eigenvalue weighted by atomic mass is 10.0. The largest absolute Gasteiger partial charge is 0.497 e. The van der Waals surface area contributed by atoms with Crippen LogP contribution in [0, 0.1) is 0 Å². The van der Waals surface area contributed by atoms with Gasteiger partial charge < -0.3 is 14.4 Å². The molecule has 0 aliphatic carbocycles. The highest BCUT2D eigenvalue weighted by molar-refractivity contribution is 6.04. The fourth-order valence-corrected chi connectivity index (χ4v) is 2.83. The maximum absolute atomic E-state index is 11.5. The summed E-state index contributed by atoms with van der Waals surface area (Å²) in [6.07, 6.45) is 1.72. The number of methoxy groups -OCH3 is 1. The average Bonchev–Trinajstić information content (AvgIpc) is 2.94. The molecule has 1 N–H and O–H groups in total. The Kier molecular flexibility index (Phi) is 3.82. The SMILES string of the molecule is COc1cccc(-c2ccc3c(C(=O)O)cn(C(C)C)c3c2)c1. The molecule has 3 rings (SSSR count). The molecule has 0 unspecified atom stereocenters. The summed E-state index contributed by atoms with van der Waals surface area (Å²) in [6, 6.07) is 13.9. The van der Waals surface area contributed by atoms with E-state index in [2.05, 4.69) is 0 Å². The predicted molar refractivity (Wildman–Crippen MR) is 91.3 cm³/mol. The number of carboxylic acids is 1. The molecule has 4 heteroatoms. The summed E-state index contributed by atoms with van der Waals surface area (Å²) in [5.41, 5.74) is 3.34. The van der Waals surface area contributed by atoms with Crippen molar-refractivity contribution in [3.8, 4) is 16.9 Å². The number of ether oxygens (including phenoxy) is 1. The van der Waals surface area contributed by atoms with Gasteiger partial charge in [-0.1, -0.05) is 24.3 Å². The first-order chi connectivity index (χ1) is 11.0. The van der Waals surface area contributed by atoms with Crippen LogP contribution in [0.2, 0.25) is 0 Å². The molecule has 23 heavy (non-hydrogen) atoms. The van der Waals surface area contributed by atoms with Crippen molar-refractivity contribution >= 4 is 16.9 Å². The zero-order chi connectivity index (χ0) is 16.6. The average molecular weight is 309 g/mol. The Morgan fingerprint density at radius 2 is 1.87 bits per heavy atom. The number of benzene rings is 2. The smallest absolute Gasteiger partial charge is 0.337 e. The first-order valence-corrected chi connectivity index (χ1v) is 7.53. The van der Waals surface area contributed by atoms with E-state index in [1.54, 1.807) is 13.3 Å². The minimum atomic E-state index is -0.900. The minimum absolute atomic E-state index is 0.186. The highest BCUT2D eigenvalue weighted by Crippen LogP contribution is 2.31. The van der Waals surface area contributed by atoms with E-state index in [0.717, 1.165) is 27.8 Å². The van der Waals surface area contributed by atoms with Gasteiger partial charge in [0.05, 0.1) is 12.7 Å². The molecule has 1 heterocycles. The third-order valence-corrected chi connectivity index (χ3v) is 4.02. The van der Waals surface area contributed by atoms with Gasteiger partial charge in [-0.05, 0) is 43.2 Å². The van der Waals surface area contributed by atoms with Gasteiger partial charge in [-0.2, -0.15) is 0 Å². The molecule has 0 amide bonds. The molecule has 0 aliphatic rings. The standard InChI is InChI=1S/C19H19NO3/c1-12(2)20-11-17(19(21)22)16-8-7-14(10-18(16)20)13-5-4-6-15(9-13)23-3/h4-12H,1-3H3,(H,21,22). The van der Waals surface area contributed by atoms with Crippen LogP contribution in [0.3, 0.4) is 0 Å². The van der Waals surface area contributed by atoms with E-state index in [1.807, 2.05) is 60.9 Å². The second kappa shape index (κ2) is 5.80. The Morgan fingerprint density at radius 3 is 2.52 bits per heavy atom. The monoisotopic (exact) mass is 309 g/mol. The van der Waals surface area contributed by atoms with E-state index in [4.69, 9.17) is 4.74 Å². The summed E-state index contributed by atoms with van der Waals surface area (Å²) >= 11 is 0. The molecule has 0 saturated carbocycles. The fraction of sp³-hybridized carbons (Fsp3) is 0.211. The van der Waals surface area contributed by atoms with Crippen molar-refractivity contribution in [3.63, 3.8) is 0 Å². The number of aromatic nitrogens is 1. The lowest BCUT2D eigenvalue weighted by molar-refractivity contribution is 0.0698. The Balaban J connectivity index is 2.21. The molecule has 0 atom stereocenters. The van der Waals surface area contributed by atoms with Crippen molar-refractivity contribution in [2.45, 2.75) is 19.9 Å². The molecule has 0 aliphatic heterocycles. The van der Waals surface area contributed by atoms with E-state index in [0.29, 0.717) is 5.56 Å². The van der Waals surface area contributed by atoms with Crippen LogP contribution in [0.25, 0.3) is 22.0 Å². The quantitative estimate of drug-likeness (QED) is 0.766. The number of hydrogen-bond donors (Lipinski definition) is 1. The van der Waals surface area contributed by atoms with Crippen molar-refractivity contribution in [1.82, 2.24) is 4.57 Å². The van der Waals surface area contributed by atoms with Crippen molar-refractivity contribution in [3.05, 3.63) is 54.2 Å². The first kappa shape index (κ1) is 15.2. The predicted octanol–water partition coefficient (Wildman–Crippen LogP) is 4.60. The molecular weight excluding hydrogens is 290 g/mol. The van der Waals surface area contributed by atoms with Crippen molar-refractivity contribution in [2.75, 3.05) is 7.11 Å². The summed E-state index contributed by atoms with van der Waals surface area (Å²) in [5.74, 6) is -0.100. The van der Waals surface area contributed by atoms with Crippen LogP contribution in [0.5, 0.6) is 5.75 Å². The van der Waals surface area contributed by atoms with E-state index >= 15 is 0 Å². The topological polar surface area (TPSA) is 51.5 Å². The lowest BCUT2D eigenvalue weighted by Gasteiger charge is -2.10. The van der Waals surface area contributed by atoms with Gasteiger partial charge in [0.25, 0.3) is 0 Å². The molecule has 1 aromatic heterocycles. The summed E-state index contributed by atoms with van der Waals surface area (Å²) in [5, 5.41) is 10.2. The van der Waals surface area contributed by atoms with Gasteiger partial charge in [0.15, 0.2) is 0 Å². The molecular formula is C19H19NO3. The van der Waals surface area contributed by atoms with E-state index in [-0.39, 0.29) is 6.04 Å². The summed E-state index contributed by atoms with van der Waals surface area (Å²) in [7, 11) is 1.64. The van der Waals surface area contributed by atoms with Gasteiger partial charge in [-0.15, -0.1) is 0 Å². The van der Waals surface area contributed by atoms with Gasteiger partial charge >= 0.3 is 5.97 Å². The van der Waals surface area contributed by atoms with Gasteiger partial charge in [0.1, 0.15) is 5.75 Å². The molecule has 2 aromatic carbocycles. The maximum atomic E-state index is 11.5. The molecule has 0 fully saturated rings. The zero-order valence-electron chi connectivity index (χ0n) is 13.4. The Morgan fingerprint density at radius 1 is 1.13 bits per heavy atom. The normalized spacial score (nSPS) is 11.1. The first-order valence-electron chi connectivity index (χ1n) is 7.53.